The zero-order chi connectivity index (χ0) is 13.5. The highest BCUT2D eigenvalue weighted by Crippen LogP contribution is 2.34. The monoisotopic (exact) mass is 261 g/mol. The van der Waals surface area contributed by atoms with Crippen LogP contribution in [0.1, 0.15) is 57.4 Å². The third-order valence-corrected chi connectivity index (χ3v) is 4.00. The second-order valence-electron chi connectivity index (χ2n) is 5.52. The molecule has 0 aliphatic heterocycles. The Balaban J connectivity index is 1.98. The summed E-state index contributed by atoms with van der Waals surface area (Å²) in [6, 6.07) is 9.38. The summed E-state index contributed by atoms with van der Waals surface area (Å²) in [6.07, 6.45) is 6.49. The van der Waals surface area contributed by atoms with E-state index >= 15 is 0 Å². The number of ether oxygens (including phenoxy) is 1. The van der Waals surface area contributed by atoms with Gasteiger partial charge in [0.1, 0.15) is 5.75 Å². The maximum absolute atomic E-state index is 5.61. The molecule has 2 nitrogen and oxygen atoms in total. The van der Waals surface area contributed by atoms with Gasteiger partial charge in [-0.1, -0.05) is 25.5 Å². The minimum Gasteiger partial charge on any atom is -0.494 e. The third kappa shape index (κ3) is 4.24. The Labute approximate surface area is 117 Å². The summed E-state index contributed by atoms with van der Waals surface area (Å²) >= 11 is 0. The van der Waals surface area contributed by atoms with E-state index in [1.165, 1.54) is 37.7 Å². The number of rotatable bonds is 6. The van der Waals surface area contributed by atoms with Crippen molar-refractivity contribution in [3.05, 3.63) is 29.8 Å². The van der Waals surface area contributed by atoms with E-state index in [9.17, 15) is 0 Å². The average molecular weight is 261 g/mol. The number of nitrogens with one attached hydrogen (secondary N) is 1. The van der Waals surface area contributed by atoms with Crippen LogP contribution in [0.3, 0.4) is 0 Å². The lowest BCUT2D eigenvalue weighted by molar-refractivity contribution is 0.331. The van der Waals surface area contributed by atoms with E-state index in [2.05, 4.69) is 36.5 Å². The van der Waals surface area contributed by atoms with Gasteiger partial charge in [-0.25, -0.2) is 0 Å². The van der Waals surface area contributed by atoms with Gasteiger partial charge < -0.3 is 10.1 Å². The van der Waals surface area contributed by atoms with Crippen molar-refractivity contribution >= 4 is 0 Å². The van der Waals surface area contributed by atoms with Gasteiger partial charge in [-0.05, 0) is 62.8 Å². The molecule has 0 amide bonds. The Kier molecular flexibility index (Phi) is 5.71. The fraction of sp³-hybridized carbons (Fsp3) is 0.647. The summed E-state index contributed by atoms with van der Waals surface area (Å²) < 4.78 is 5.61. The van der Waals surface area contributed by atoms with Crippen molar-refractivity contribution < 1.29 is 4.74 Å². The fourth-order valence-corrected chi connectivity index (χ4v) is 3.05. The summed E-state index contributed by atoms with van der Waals surface area (Å²) in [5.41, 5.74) is 1.45. The first-order valence-electron chi connectivity index (χ1n) is 7.79. The lowest BCUT2D eigenvalue weighted by Gasteiger charge is -2.30. The van der Waals surface area contributed by atoms with E-state index < -0.39 is 0 Å². The number of benzene rings is 1. The Morgan fingerprint density at radius 2 is 2.16 bits per heavy atom. The summed E-state index contributed by atoms with van der Waals surface area (Å²) in [5, 5.41) is 3.68. The van der Waals surface area contributed by atoms with Crippen LogP contribution in [0.4, 0.5) is 0 Å². The average Bonchev–Trinajstić information content (AvgIpc) is 2.46. The van der Waals surface area contributed by atoms with Crippen LogP contribution < -0.4 is 10.1 Å². The fourth-order valence-electron chi connectivity index (χ4n) is 3.05. The molecule has 1 aliphatic carbocycles. The van der Waals surface area contributed by atoms with Gasteiger partial charge in [0.15, 0.2) is 0 Å². The van der Waals surface area contributed by atoms with Gasteiger partial charge in [-0.2, -0.15) is 0 Å². The molecular formula is C17H27NO. The first-order valence-corrected chi connectivity index (χ1v) is 7.79. The van der Waals surface area contributed by atoms with Crippen LogP contribution in [0.5, 0.6) is 5.75 Å². The summed E-state index contributed by atoms with van der Waals surface area (Å²) in [6.45, 7) is 6.17. The lowest BCUT2D eigenvalue weighted by Crippen LogP contribution is -2.33. The van der Waals surface area contributed by atoms with Gasteiger partial charge >= 0.3 is 0 Å². The highest BCUT2D eigenvalue weighted by molar-refractivity contribution is 5.31. The first kappa shape index (κ1) is 14.4. The molecule has 1 N–H and O–H groups in total. The van der Waals surface area contributed by atoms with E-state index in [0.29, 0.717) is 12.0 Å². The summed E-state index contributed by atoms with van der Waals surface area (Å²) in [5.74, 6) is 1.71. The highest BCUT2D eigenvalue weighted by atomic mass is 16.5. The van der Waals surface area contributed by atoms with Crippen LogP contribution in [0.15, 0.2) is 24.3 Å². The molecular weight excluding hydrogens is 234 g/mol. The van der Waals surface area contributed by atoms with Crippen LogP contribution in [0.2, 0.25) is 0 Å². The molecule has 0 saturated heterocycles. The Morgan fingerprint density at radius 3 is 2.95 bits per heavy atom. The molecule has 0 bridgehead atoms. The zero-order valence-corrected chi connectivity index (χ0v) is 12.3. The number of hydrogen-bond donors (Lipinski definition) is 1. The molecule has 0 radical (unpaired) electrons. The van der Waals surface area contributed by atoms with E-state index in [0.717, 1.165) is 18.9 Å². The van der Waals surface area contributed by atoms with Gasteiger partial charge in [0, 0.05) is 6.04 Å². The topological polar surface area (TPSA) is 21.3 Å². The molecule has 106 valence electrons. The van der Waals surface area contributed by atoms with Crippen molar-refractivity contribution in [1.82, 2.24) is 5.32 Å². The van der Waals surface area contributed by atoms with Crippen LogP contribution in [0, 0.1) is 0 Å². The molecule has 2 unspecified atom stereocenters. The predicted octanol–water partition coefficient (Wildman–Crippen LogP) is 4.11. The quantitative estimate of drug-likeness (QED) is 0.832. The molecule has 1 aliphatic rings. The second kappa shape index (κ2) is 7.54. The molecule has 2 rings (SSSR count). The van der Waals surface area contributed by atoms with Gasteiger partial charge in [-0.15, -0.1) is 0 Å². The normalized spacial score (nSPS) is 23.3. The smallest absolute Gasteiger partial charge is 0.119 e. The van der Waals surface area contributed by atoms with Gasteiger partial charge in [-0.3, -0.25) is 0 Å². The predicted molar refractivity (Wildman–Crippen MR) is 80.9 cm³/mol. The van der Waals surface area contributed by atoms with Crippen molar-refractivity contribution in [2.24, 2.45) is 0 Å². The molecule has 1 aromatic carbocycles. The van der Waals surface area contributed by atoms with Crippen molar-refractivity contribution in [1.29, 1.82) is 0 Å². The third-order valence-electron chi connectivity index (χ3n) is 4.00. The van der Waals surface area contributed by atoms with E-state index in [1.54, 1.807) is 0 Å². The first-order chi connectivity index (χ1) is 9.33. The zero-order valence-electron chi connectivity index (χ0n) is 12.3. The Bertz CT molecular complexity index is 377. The van der Waals surface area contributed by atoms with Gasteiger partial charge in [0.2, 0.25) is 0 Å². The summed E-state index contributed by atoms with van der Waals surface area (Å²) in [7, 11) is 0. The minimum atomic E-state index is 0.698. The van der Waals surface area contributed by atoms with E-state index in [1.807, 2.05) is 6.92 Å². The molecule has 1 fully saturated rings. The van der Waals surface area contributed by atoms with Crippen molar-refractivity contribution in [2.75, 3.05) is 13.2 Å². The minimum absolute atomic E-state index is 0.698. The molecule has 19 heavy (non-hydrogen) atoms. The van der Waals surface area contributed by atoms with Crippen LogP contribution in [-0.4, -0.2) is 19.2 Å². The highest BCUT2D eigenvalue weighted by Gasteiger charge is 2.22. The van der Waals surface area contributed by atoms with Crippen molar-refractivity contribution in [3.8, 4) is 5.75 Å². The van der Waals surface area contributed by atoms with Crippen molar-refractivity contribution in [3.63, 3.8) is 0 Å². The van der Waals surface area contributed by atoms with Crippen LogP contribution in [-0.2, 0) is 0 Å². The SMILES string of the molecule is CCCNC1CCCC(c2cccc(OCC)c2)C1. The lowest BCUT2D eigenvalue weighted by atomic mass is 9.81. The van der Waals surface area contributed by atoms with E-state index in [-0.39, 0.29) is 0 Å². The molecule has 1 saturated carbocycles. The maximum atomic E-state index is 5.61. The van der Waals surface area contributed by atoms with Crippen LogP contribution >= 0.6 is 0 Å². The van der Waals surface area contributed by atoms with E-state index in [4.69, 9.17) is 4.74 Å². The number of hydrogen-bond acceptors (Lipinski definition) is 2. The van der Waals surface area contributed by atoms with Crippen LogP contribution in [0.25, 0.3) is 0 Å². The van der Waals surface area contributed by atoms with Gasteiger partial charge in [0.05, 0.1) is 6.61 Å². The molecule has 0 heterocycles. The molecule has 0 aromatic heterocycles. The van der Waals surface area contributed by atoms with Gasteiger partial charge in [0.25, 0.3) is 0 Å². The maximum Gasteiger partial charge on any atom is 0.119 e. The van der Waals surface area contributed by atoms with Crippen molar-refractivity contribution in [2.45, 2.75) is 57.9 Å². The Morgan fingerprint density at radius 1 is 1.26 bits per heavy atom. The second-order valence-corrected chi connectivity index (χ2v) is 5.52. The molecule has 2 atom stereocenters. The molecule has 2 heteroatoms. The molecule has 1 aromatic rings. The largest absolute Gasteiger partial charge is 0.494 e. The standard InChI is InChI=1S/C17H27NO/c1-3-11-18-16-9-5-7-14(12-16)15-8-6-10-17(13-15)19-4-2/h6,8,10,13-14,16,18H,3-5,7,9,11-12H2,1-2H3. The summed E-state index contributed by atoms with van der Waals surface area (Å²) in [4.78, 5) is 0. The molecule has 0 spiro atoms. The Hall–Kier alpha value is -1.02.